The van der Waals surface area contributed by atoms with Crippen LogP contribution in [0.3, 0.4) is 0 Å². The third kappa shape index (κ3) is 5.27. The zero-order valence-corrected chi connectivity index (χ0v) is 15.4. The molecular weight excluding hydrogens is 342 g/mol. The van der Waals surface area contributed by atoms with Gasteiger partial charge in [0.05, 0.1) is 0 Å². The molecule has 0 radical (unpaired) electrons. The van der Waals surface area contributed by atoms with Crippen molar-refractivity contribution in [3.05, 3.63) is 60.2 Å². The number of carbonyl (C=O) groups excluding carboxylic acids is 1. The number of hydrogen-bond donors (Lipinski definition) is 3. The van der Waals surface area contributed by atoms with Gasteiger partial charge in [-0.1, -0.05) is 19.1 Å². The van der Waals surface area contributed by atoms with Crippen LogP contribution < -0.4 is 16.0 Å². The normalized spacial score (nSPS) is 10.4. The van der Waals surface area contributed by atoms with Crippen LogP contribution in [0.25, 0.3) is 5.82 Å². The van der Waals surface area contributed by atoms with E-state index in [1.54, 1.807) is 10.9 Å². The zero-order valence-electron chi connectivity index (χ0n) is 15.4. The van der Waals surface area contributed by atoms with Crippen LogP contribution in [0.15, 0.2) is 48.8 Å². The molecule has 0 aliphatic heterocycles. The lowest BCUT2D eigenvalue weighted by molar-refractivity contribution is 0.252. The van der Waals surface area contributed by atoms with Gasteiger partial charge in [0.15, 0.2) is 5.82 Å². The van der Waals surface area contributed by atoms with E-state index in [1.165, 1.54) is 5.56 Å². The molecular formula is C19H23N7O. The number of anilines is 2. The predicted molar refractivity (Wildman–Crippen MR) is 105 cm³/mol. The number of rotatable bonds is 7. The maximum atomic E-state index is 12.0. The topological polar surface area (TPSA) is 96.8 Å². The number of nitrogens with zero attached hydrogens (tertiary/aromatic N) is 4. The number of carbonyl (C=O) groups is 1. The van der Waals surface area contributed by atoms with Gasteiger partial charge in [-0.3, -0.25) is 0 Å². The first-order valence-corrected chi connectivity index (χ1v) is 8.87. The quantitative estimate of drug-likeness (QED) is 0.560. The minimum atomic E-state index is -0.235. The van der Waals surface area contributed by atoms with Crippen LogP contribution in [-0.4, -0.2) is 38.9 Å². The molecule has 3 rings (SSSR count). The number of benzene rings is 1. The van der Waals surface area contributed by atoms with E-state index in [-0.39, 0.29) is 6.03 Å². The molecule has 3 aromatic rings. The average molecular weight is 365 g/mol. The largest absolute Gasteiger partial charge is 0.368 e. The van der Waals surface area contributed by atoms with Crippen molar-refractivity contribution in [2.24, 2.45) is 0 Å². The number of nitrogens with one attached hydrogen (secondary N) is 3. The maximum Gasteiger partial charge on any atom is 0.319 e. The Labute approximate surface area is 158 Å². The third-order valence-corrected chi connectivity index (χ3v) is 3.87. The van der Waals surface area contributed by atoms with E-state index in [0.717, 1.165) is 12.1 Å². The van der Waals surface area contributed by atoms with Crippen molar-refractivity contribution in [3.63, 3.8) is 0 Å². The molecule has 140 valence electrons. The molecule has 0 unspecified atom stereocenters. The molecule has 0 saturated carbocycles. The summed E-state index contributed by atoms with van der Waals surface area (Å²) in [7, 11) is 0. The molecule has 1 aromatic carbocycles. The van der Waals surface area contributed by atoms with Crippen LogP contribution in [0, 0.1) is 6.92 Å². The molecule has 0 bridgehead atoms. The molecule has 8 heteroatoms. The predicted octanol–water partition coefficient (Wildman–Crippen LogP) is 2.77. The molecule has 0 fully saturated rings. The Hall–Kier alpha value is -3.42. The Kier molecular flexibility index (Phi) is 5.98. The minimum absolute atomic E-state index is 0.235. The fourth-order valence-corrected chi connectivity index (χ4v) is 2.58. The number of amides is 2. The lowest BCUT2D eigenvalue weighted by Crippen LogP contribution is -2.32. The average Bonchev–Trinajstić information content (AvgIpc) is 3.20. The maximum absolute atomic E-state index is 12.0. The van der Waals surface area contributed by atoms with Crippen LogP contribution in [0.2, 0.25) is 0 Å². The monoisotopic (exact) mass is 365 g/mol. The molecule has 2 amide bonds. The summed E-state index contributed by atoms with van der Waals surface area (Å²) in [6.07, 6.45) is 4.45. The molecule has 2 aromatic heterocycles. The molecule has 0 aliphatic rings. The van der Waals surface area contributed by atoms with Gasteiger partial charge in [-0.2, -0.15) is 5.10 Å². The van der Waals surface area contributed by atoms with E-state index in [9.17, 15) is 4.79 Å². The van der Waals surface area contributed by atoms with Crippen molar-refractivity contribution in [1.29, 1.82) is 0 Å². The summed E-state index contributed by atoms with van der Waals surface area (Å²) in [5.41, 5.74) is 1.97. The molecule has 0 aliphatic carbocycles. The van der Waals surface area contributed by atoms with Gasteiger partial charge >= 0.3 is 6.03 Å². The van der Waals surface area contributed by atoms with Crippen molar-refractivity contribution < 1.29 is 4.79 Å². The second-order valence-electron chi connectivity index (χ2n) is 5.97. The summed E-state index contributed by atoms with van der Waals surface area (Å²) in [6, 6.07) is 11.2. The van der Waals surface area contributed by atoms with Gasteiger partial charge in [0.1, 0.15) is 11.6 Å². The highest BCUT2D eigenvalue weighted by Crippen LogP contribution is 2.11. The van der Waals surface area contributed by atoms with E-state index < -0.39 is 0 Å². The van der Waals surface area contributed by atoms with Gasteiger partial charge in [-0.15, -0.1) is 0 Å². The van der Waals surface area contributed by atoms with Crippen LogP contribution in [0.5, 0.6) is 0 Å². The number of urea groups is 1. The van der Waals surface area contributed by atoms with E-state index >= 15 is 0 Å². The second kappa shape index (κ2) is 8.79. The smallest absolute Gasteiger partial charge is 0.319 e. The minimum Gasteiger partial charge on any atom is -0.368 e. The van der Waals surface area contributed by atoms with Crippen molar-refractivity contribution >= 4 is 17.5 Å². The van der Waals surface area contributed by atoms with Gasteiger partial charge in [0.25, 0.3) is 0 Å². The summed E-state index contributed by atoms with van der Waals surface area (Å²) >= 11 is 0. The Morgan fingerprint density at radius 3 is 2.81 bits per heavy atom. The molecule has 27 heavy (non-hydrogen) atoms. The summed E-state index contributed by atoms with van der Waals surface area (Å²) in [5.74, 6) is 2.02. The van der Waals surface area contributed by atoms with Crippen LogP contribution in [0.4, 0.5) is 16.3 Å². The molecule has 2 heterocycles. The Bertz CT molecular complexity index is 893. The first-order valence-electron chi connectivity index (χ1n) is 8.87. The van der Waals surface area contributed by atoms with Crippen LogP contribution in [-0.2, 0) is 6.42 Å². The van der Waals surface area contributed by atoms with Crippen molar-refractivity contribution in [2.75, 3.05) is 23.7 Å². The van der Waals surface area contributed by atoms with Gasteiger partial charge in [-0.25, -0.2) is 19.4 Å². The van der Waals surface area contributed by atoms with Crippen molar-refractivity contribution in [3.8, 4) is 5.82 Å². The third-order valence-electron chi connectivity index (χ3n) is 3.87. The van der Waals surface area contributed by atoms with Crippen LogP contribution >= 0.6 is 0 Å². The lowest BCUT2D eigenvalue weighted by atomic mass is 10.1. The van der Waals surface area contributed by atoms with E-state index in [0.29, 0.717) is 30.5 Å². The lowest BCUT2D eigenvalue weighted by Gasteiger charge is -2.11. The number of aromatic nitrogens is 4. The van der Waals surface area contributed by atoms with Gasteiger partial charge in [0.2, 0.25) is 0 Å². The first kappa shape index (κ1) is 18.4. The highest BCUT2D eigenvalue weighted by atomic mass is 16.2. The number of hydrogen-bond acceptors (Lipinski definition) is 5. The molecule has 0 spiro atoms. The van der Waals surface area contributed by atoms with Gasteiger partial charge in [-0.05, 0) is 37.1 Å². The highest BCUT2D eigenvalue weighted by molar-refractivity contribution is 5.89. The Morgan fingerprint density at radius 2 is 2.04 bits per heavy atom. The summed E-state index contributed by atoms with van der Waals surface area (Å²) < 4.78 is 1.68. The zero-order chi connectivity index (χ0) is 19.1. The number of aryl methyl sites for hydroxylation is 2. The van der Waals surface area contributed by atoms with E-state index in [2.05, 4.69) is 37.9 Å². The Morgan fingerprint density at radius 1 is 1.15 bits per heavy atom. The summed E-state index contributed by atoms with van der Waals surface area (Å²) in [6.45, 7) is 4.91. The molecule has 0 atom stereocenters. The molecule has 8 nitrogen and oxygen atoms in total. The van der Waals surface area contributed by atoms with Gasteiger partial charge < -0.3 is 16.0 Å². The first-order chi connectivity index (χ1) is 13.1. The standard InChI is InChI=1S/C19H23N7O/c1-3-15-6-4-7-16(12-15)25-19(27)21-10-9-20-17-13-18(24-14(2)23-17)26-11-5-8-22-26/h4-8,11-13H,3,9-10H2,1-2H3,(H,20,23,24)(H2,21,25,27). The van der Waals surface area contributed by atoms with Crippen LogP contribution in [0.1, 0.15) is 18.3 Å². The SMILES string of the molecule is CCc1cccc(NC(=O)NCCNc2cc(-n3cccn3)nc(C)n2)c1. The fourth-order valence-electron chi connectivity index (χ4n) is 2.58. The van der Waals surface area contributed by atoms with E-state index in [1.807, 2.05) is 49.5 Å². The summed E-state index contributed by atoms with van der Waals surface area (Å²) in [4.78, 5) is 20.7. The van der Waals surface area contributed by atoms with Crippen molar-refractivity contribution in [2.45, 2.75) is 20.3 Å². The van der Waals surface area contributed by atoms with Gasteiger partial charge in [0, 0.05) is 37.2 Å². The molecule has 0 saturated heterocycles. The summed E-state index contributed by atoms with van der Waals surface area (Å²) in [5, 5.41) is 13.0. The highest BCUT2D eigenvalue weighted by Gasteiger charge is 2.05. The molecule has 3 N–H and O–H groups in total. The second-order valence-corrected chi connectivity index (χ2v) is 5.97. The Balaban J connectivity index is 1.48. The fraction of sp³-hybridized carbons (Fsp3) is 0.263. The van der Waals surface area contributed by atoms with E-state index in [4.69, 9.17) is 0 Å². The van der Waals surface area contributed by atoms with Crippen molar-refractivity contribution in [1.82, 2.24) is 25.1 Å².